The summed E-state index contributed by atoms with van der Waals surface area (Å²) >= 11 is 0. The molecule has 5 aliphatic heterocycles. The zero-order valence-corrected chi connectivity index (χ0v) is 36.2. The van der Waals surface area contributed by atoms with Gasteiger partial charge in [-0.05, 0) is 107 Å². The molecular weight excluding hydrogens is 787 g/mol. The van der Waals surface area contributed by atoms with E-state index in [9.17, 15) is 14.4 Å². The van der Waals surface area contributed by atoms with Gasteiger partial charge in [0.05, 0.1) is 30.7 Å². The van der Waals surface area contributed by atoms with Crippen LogP contribution in [0.1, 0.15) is 56.9 Å². The highest BCUT2D eigenvalue weighted by Crippen LogP contribution is 2.40. The summed E-state index contributed by atoms with van der Waals surface area (Å²) in [6.45, 7) is 17.4. The van der Waals surface area contributed by atoms with Gasteiger partial charge in [0.25, 0.3) is 0 Å². The first kappa shape index (κ1) is 41.2. The molecule has 3 saturated heterocycles. The van der Waals surface area contributed by atoms with Crippen LogP contribution in [0.5, 0.6) is 5.88 Å². The summed E-state index contributed by atoms with van der Waals surface area (Å²) in [7, 11) is 0. The first-order chi connectivity index (χ1) is 29.9. The van der Waals surface area contributed by atoms with E-state index in [1.165, 1.54) is 24.2 Å². The van der Waals surface area contributed by atoms with Crippen LogP contribution in [0.25, 0.3) is 0 Å². The number of nitrogens with zero attached hydrogens (tertiary/aromatic N) is 9. The molecule has 16 heteroatoms. The molecule has 4 aromatic rings. The van der Waals surface area contributed by atoms with Crippen molar-refractivity contribution in [3.05, 3.63) is 77.7 Å². The zero-order chi connectivity index (χ0) is 43.0. The number of rotatable bonds is 8. The van der Waals surface area contributed by atoms with Crippen LogP contribution in [-0.2, 0) is 22.5 Å². The molecule has 2 aromatic carbocycles. The van der Waals surface area contributed by atoms with Crippen LogP contribution >= 0.6 is 0 Å². The Morgan fingerprint density at radius 1 is 0.823 bits per heavy atom. The number of amides is 4. The fourth-order valence-corrected chi connectivity index (χ4v) is 9.18. The Balaban J connectivity index is 0.747. The molecule has 3 fully saturated rings. The molecule has 0 saturated carbocycles. The Hall–Kier alpha value is -6.16. The fraction of sp³-hybridized carbons (Fsp3) is 0.478. The second-order valence-electron chi connectivity index (χ2n) is 17.9. The molecule has 5 aliphatic rings. The van der Waals surface area contributed by atoms with Gasteiger partial charge in [0.1, 0.15) is 17.9 Å². The van der Waals surface area contributed by atoms with Gasteiger partial charge in [-0.2, -0.15) is 0 Å². The number of anilines is 7. The van der Waals surface area contributed by atoms with Gasteiger partial charge < -0.3 is 29.5 Å². The molecule has 2 aromatic heterocycles. The number of urea groups is 1. The third kappa shape index (κ3) is 9.06. The van der Waals surface area contributed by atoms with Crippen LogP contribution in [0.3, 0.4) is 0 Å². The van der Waals surface area contributed by atoms with Crippen molar-refractivity contribution in [2.45, 2.75) is 65.5 Å². The molecule has 9 rings (SSSR count). The molecule has 4 amide bonds. The SMILES string of the molecule is Cc1c(N2CCc3cnc(Nc4ccc(N5CCC(CN6CCN(c7ccc(N8CCC(=O)NC8=O)cc7)CC6)CC5)cc4)nc3C2)cnc2c1N(C(=O)OC(C)(C)C)CCO2. The van der Waals surface area contributed by atoms with Crippen LogP contribution in [0, 0.1) is 12.8 Å². The third-order valence-electron chi connectivity index (χ3n) is 12.5. The number of imide groups is 1. The zero-order valence-electron chi connectivity index (χ0n) is 36.2. The van der Waals surface area contributed by atoms with E-state index < -0.39 is 11.7 Å². The average molecular weight is 844 g/mol. The summed E-state index contributed by atoms with van der Waals surface area (Å²) in [6, 6.07) is 16.4. The van der Waals surface area contributed by atoms with Gasteiger partial charge in [0.2, 0.25) is 17.7 Å². The second kappa shape index (κ2) is 17.3. The lowest BCUT2D eigenvalue weighted by atomic mass is 9.95. The summed E-state index contributed by atoms with van der Waals surface area (Å²) in [5, 5.41) is 5.83. The number of nitrogens with one attached hydrogen (secondary N) is 2. The Morgan fingerprint density at radius 3 is 2.23 bits per heavy atom. The highest BCUT2D eigenvalue weighted by atomic mass is 16.6. The summed E-state index contributed by atoms with van der Waals surface area (Å²) in [5.74, 6) is 1.47. The van der Waals surface area contributed by atoms with Crippen molar-refractivity contribution in [2.24, 2.45) is 5.92 Å². The monoisotopic (exact) mass is 843 g/mol. The maximum absolute atomic E-state index is 13.2. The summed E-state index contributed by atoms with van der Waals surface area (Å²) in [4.78, 5) is 64.3. The van der Waals surface area contributed by atoms with Crippen LogP contribution in [0.4, 0.5) is 49.7 Å². The van der Waals surface area contributed by atoms with Crippen molar-refractivity contribution in [2.75, 3.05) is 102 Å². The first-order valence-corrected chi connectivity index (χ1v) is 22.0. The number of piperazine rings is 1. The number of aromatic nitrogens is 3. The number of hydrogen-bond acceptors (Lipinski definition) is 13. The fourth-order valence-electron chi connectivity index (χ4n) is 9.18. The molecule has 0 radical (unpaired) electrons. The summed E-state index contributed by atoms with van der Waals surface area (Å²) in [6.07, 6.45) is 6.83. The first-order valence-electron chi connectivity index (χ1n) is 22.0. The second-order valence-corrected chi connectivity index (χ2v) is 17.9. The van der Waals surface area contributed by atoms with Gasteiger partial charge in [-0.3, -0.25) is 24.8 Å². The molecule has 0 spiro atoms. The average Bonchev–Trinajstić information content (AvgIpc) is 3.26. The maximum Gasteiger partial charge on any atom is 0.415 e. The third-order valence-corrected chi connectivity index (χ3v) is 12.5. The Morgan fingerprint density at radius 2 is 1.52 bits per heavy atom. The number of piperidine rings is 1. The molecule has 2 N–H and O–H groups in total. The highest BCUT2D eigenvalue weighted by Gasteiger charge is 2.33. The molecule has 62 heavy (non-hydrogen) atoms. The van der Waals surface area contributed by atoms with E-state index >= 15 is 0 Å². The van der Waals surface area contributed by atoms with E-state index in [4.69, 9.17) is 14.5 Å². The van der Waals surface area contributed by atoms with E-state index in [1.54, 1.807) is 9.80 Å². The van der Waals surface area contributed by atoms with E-state index in [0.29, 0.717) is 56.1 Å². The van der Waals surface area contributed by atoms with Gasteiger partial charge in [-0.15, -0.1) is 0 Å². The lowest BCUT2D eigenvalue weighted by molar-refractivity contribution is -0.120. The van der Waals surface area contributed by atoms with E-state index in [1.807, 2.05) is 52.2 Å². The quantitative estimate of drug-likeness (QED) is 0.210. The number of benzene rings is 2. The molecule has 0 atom stereocenters. The van der Waals surface area contributed by atoms with Gasteiger partial charge in [-0.1, -0.05) is 0 Å². The predicted octanol–water partition coefficient (Wildman–Crippen LogP) is 6.11. The number of pyridine rings is 1. The molecule has 16 nitrogen and oxygen atoms in total. The van der Waals surface area contributed by atoms with Crippen LogP contribution < -0.4 is 39.9 Å². The van der Waals surface area contributed by atoms with Crippen molar-refractivity contribution in [3.8, 4) is 5.88 Å². The molecule has 7 heterocycles. The normalized spacial score (nSPS) is 18.8. The van der Waals surface area contributed by atoms with Crippen molar-refractivity contribution >= 4 is 58.1 Å². The van der Waals surface area contributed by atoms with Crippen LogP contribution in [0.15, 0.2) is 60.9 Å². The van der Waals surface area contributed by atoms with Gasteiger partial charge >= 0.3 is 12.1 Å². The van der Waals surface area contributed by atoms with Gasteiger partial charge in [-0.25, -0.2) is 24.5 Å². The molecule has 0 unspecified atom stereocenters. The lowest BCUT2D eigenvalue weighted by Crippen LogP contribution is -2.49. The topological polar surface area (TPSA) is 152 Å². The predicted molar refractivity (Wildman–Crippen MR) is 240 cm³/mol. The minimum absolute atomic E-state index is 0.218. The summed E-state index contributed by atoms with van der Waals surface area (Å²) < 4.78 is 11.6. The Bertz CT molecular complexity index is 2280. The number of fused-ring (bicyclic) bond motifs is 2. The van der Waals surface area contributed by atoms with E-state index in [0.717, 1.165) is 92.7 Å². The molecule has 326 valence electrons. The van der Waals surface area contributed by atoms with Crippen molar-refractivity contribution in [1.82, 2.24) is 25.2 Å². The largest absolute Gasteiger partial charge is 0.474 e. The van der Waals surface area contributed by atoms with Crippen LogP contribution in [0.2, 0.25) is 0 Å². The van der Waals surface area contributed by atoms with Gasteiger partial charge in [0.15, 0.2) is 0 Å². The van der Waals surface area contributed by atoms with Crippen molar-refractivity contribution in [3.63, 3.8) is 0 Å². The van der Waals surface area contributed by atoms with E-state index in [2.05, 4.69) is 76.6 Å². The minimum atomic E-state index is -0.614. The molecular formula is C46H57N11O5. The lowest BCUT2D eigenvalue weighted by Gasteiger charge is -2.40. The molecule has 0 bridgehead atoms. The standard InChI is InChI=1S/C46H57N11O5/c1-31-39(28-47-42-41(31)57(25-26-61-42)45(60)62-46(2,3)4)55-19-15-33-27-48-43(50-38(33)30-55)49-34-5-7-35(8-6-34)53-17-13-32(14-18-53)29-52-21-23-54(24-22-52)36-9-11-37(12-10-36)56-20-16-40(58)51-44(56)59/h5-12,27-28,32H,13-26,29-30H2,1-4H3,(H,48,49,50)(H,51,58,59). The highest BCUT2D eigenvalue weighted by molar-refractivity contribution is 6.05. The van der Waals surface area contributed by atoms with Crippen LogP contribution in [-0.4, -0.2) is 116 Å². The minimum Gasteiger partial charge on any atom is -0.474 e. The summed E-state index contributed by atoms with van der Waals surface area (Å²) in [5.41, 5.74) is 8.15. The molecule has 0 aliphatic carbocycles. The number of carbonyl (C=O) groups is 3. The smallest absolute Gasteiger partial charge is 0.415 e. The Kier molecular flexibility index (Phi) is 11.5. The van der Waals surface area contributed by atoms with Crippen molar-refractivity contribution < 1.29 is 23.9 Å². The maximum atomic E-state index is 13.2. The van der Waals surface area contributed by atoms with Gasteiger partial charge in [0, 0.05) is 99.8 Å². The van der Waals surface area contributed by atoms with Crippen molar-refractivity contribution in [1.29, 1.82) is 0 Å². The van der Waals surface area contributed by atoms with E-state index in [-0.39, 0.29) is 11.9 Å². The number of carbonyl (C=O) groups excluding carboxylic acids is 3. The Labute approximate surface area is 363 Å². The number of hydrogen-bond donors (Lipinski definition) is 2. The number of ether oxygens (including phenoxy) is 2.